The first kappa shape index (κ1) is 21.8. The van der Waals surface area contributed by atoms with Gasteiger partial charge in [-0.2, -0.15) is 0 Å². The van der Waals surface area contributed by atoms with E-state index in [0.717, 1.165) is 22.6 Å². The Kier molecular flexibility index (Phi) is 6.87. The summed E-state index contributed by atoms with van der Waals surface area (Å²) in [5.41, 5.74) is 8.86. The predicted octanol–water partition coefficient (Wildman–Crippen LogP) is 3.12. The zero-order valence-electron chi connectivity index (χ0n) is 17.8. The molecule has 7 heteroatoms. The zero-order chi connectivity index (χ0) is 22.4. The summed E-state index contributed by atoms with van der Waals surface area (Å²) in [6.07, 6.45) is -0.00703. The molecule has 0 radical (unpaired) electrons. The molecule has 0 saturated carbocycles. The van der Waals surface area contributed by atoms with E-state index in [1.165, 1.54) is 6.92 Å². The zero-order valence-corrected chi connectivity index (χ0v) is 17.8. The minimum Gasteiger partial charge on any atom is -0.349 e. The molecule has 0 spiro atoms. The maximum Gasteiger partial charge on any atom is 0.271 e. The predicted molar refractivity (Wildman–Crippen MR) is 118 cm³/mol. The number of carbonyl (C=O) groups is 3. The number of nitrogens with zero attached hydrogens (tertiary/aromatic N) is 1. The molecule has 3 aromatic rings. The molecule has 0 fully saturated rings. The molecule has 0 aliphatic rings. The number of para-hydroxylation sites is 1. The molecule has 0 aliphatic carbocycles. The summed E-state index contributed by atoms with van der Waals surface area (Å²) in [4.78, 5) is 36.7. The molecule has 0 saturated heterocycles. The van der Waals surface area contributed by atoms with E-state index in [1.807, 2.05) is 79.1 Å². The van der Waals surface area contributed by atoms with Gasteiger partial charge in [0.05, 0.1) is 18.0 Å². The number of carbonyl (C=O) groups excluding carboxylic acids is 3. The monoisotopic (exact) mass is 418 g/mol. The Morgan fingerprint density at radius 1 is 0.903 bits per heavy atom. The second-order valence-corrected chi connectivity index (χ2v) is 7.33. The lowest BCUT2D eigenvalue weighted by Crippen LogP contribution is -2.43. The summed E-state index contributed by atoms with van der Waals surface area (Å²) >= 11 is 0. The van der Waals surface area contributed by atoms with Crippen molar-refractivity contribution in [1.29, 1.82) is 0 Å². The van der Waals surface area contributed by atoms with Crippen molar-refractivity contribution in [1.82, 2.24) is 20.7 Å². The van der Waals surface area contributed by atoms with Crippen molar-refractivity contribution in [3.63, 3.8) is 0 Å². The molecule has 160 valence electrons. The van der Waals surface area contributed by atoms with Gasteiger partial charge in [0.2, 0.25) is 11.8 Å². The van der Waals surface area contributed by atoms with Gasteiger partial charge < -0.3 is 9.88 Å². The molecule has 3 rings (SSSR count). The fourth-order valence-electron chi connectivity index (χ4n) is 3.58. The number of nitrogens with one attached hydrogen (secondary N) is 3. The number of hydrazine groups is 1. The van der Waals surface area contributed by atoms with Crippen molar-refractivity contribution in [2.24, 2.45) is 0 Å². The number of amides is 3. The van der Waals surface area contributed by atoms with Crippen molar-refractivity contribution in [3.8, 4) is 5.69 Å². The number of benzene rings is 2. The fraction of sp³-hybridized carbons (Fsp3) is 0.208. The Labute approximate surface area is 181 Å². The first-order valence-electron chi connectivity index (χ1n) is 10.0. The summed E-state index contributed by atoms with van der Waals surface area (Å²) in [5.74, 6) is -1.05. The number of rotatable bonds is 6. The highest BCUT2D eigenvalue weighted by molar-refractivity contribution is 5.97. The minimum atomic E-state index is -0.487. The van der Waals surface area contributed by atoms with Crippen LogP contribution in [0.5, 0.6) is 0 Å². The molecule has 7 nitrogen and oxygen atoms in total. The van der Waals surface area contributed by atoms with Crippen molar-refractivity contribution < 1.29 is 14.4 Å². The largest absolute Gasteiger partial charge is 0.349 e. The van der Waals surface area contributed by atoms with E-state index in [-0.39, 0.29) is 12.3 Å². The molecule has 31 heavy (non-hydrogen) atoms. The molecule has 0 bridgehead atoms. The lowest BCUT2D eigenvalue weighted by molar-refractivity contribution is -0.123. The quantitative estimate of drug-likeness (QED) is 0.537. The fourth-order valence-corrected chi connectivity index (χ4v) is 3.58. The molecule has 3 N–H and O–H groups in total. The van der Waals surface area contributed by atoms with Gasteiger partial charge in [0.1, 0.15) is 0 Å². The number of hydrogen-bond acceptors (Lipinski definition) is 3. The van der Waals surface area contributed by atoms with E-state index < -0.39 is 17.9 Å². The van der Waals surface area contributed by atoms with Gasteiger partial charge in [0.25, 0.3) is 5.91 Å². The van der Waals surface area contributed by atoms with Crippen LogP contribution in [0.2, 0.25) is 0 Å². The second kappa shape index (κ2) is 9.75. The molecule has 1 unspecified atom stereocenters. The first-order valence-corrected chi connectivity index (χ1v) is 10.0. The van der Waals surface area contributed by atoms with Gasteiger partial charge in [-0.25, -0.2) is 0 Å². The lowest BCUT2D eigenvalue weighted by Gasteiger charge is -2.18. The van der Waals surface area contributed by atoms with Crippen LogP contribution in [0.4, 0.5) is 0 Å². The maximum atomic E-state index is 12.7. The Bertz CT molecular complexity index is 1070. The van der Waals surface area contributed by atoms with Gasteiger partial charge >= 0.3 is 0 Å². The third kappa shape index (κ3) is 5.39. The smallest absolute Gasteiger partial charge is 0.271 e. The number of aromatic nitrogens is 1. The third-order valence-electron chi connectivity index (χ3n) is 4.97. The lowest BCUT2D eigenvalue weighted by atomic mass is 10.0. The van der Waals surface area contributed by atoms with Crippen LogP contribution in [-0.2, 0) is 9.59 Å². The van der Waals surface area contributed by atoms with Crippen LogP contribution in [0.3, 0.4) is 0 Å². The van der Waals surface area contributed by atoms with E-state index >= 15 is 0 Å². The topological polar surface area (TPSA) is 92.2 Å². The summed E-state index contributed by atoms with van der Waals surface area (Å²) in [6, 6.07) is 20.3. The number of aryl methyl sites for hydroxylation is 1. The molecule has 3 amide bonds. The van der Waals surface area contributed by atoms with E-state index in [9.17, 15) is 14.4 Å². The van der Waals surface area contributed by atoms with Crippen LogP contribution < -0.4 is 16.2 Å². The van der Waals surface area contributed by atoms with E-state index in [0.29, 0.717) is 5.56 Å². The molecule has 2 aromatic carbocycles. The van der Waals surface area contributed by atoms with Gasteiger partial charge in [0, 0.05) is 24.0 Å². The van der Waals surface area contributed by atoms with Crippen LogP contribution in [0.15, 0.2) is 66.7 Å². The second-order valence-electron chi connectivity index (χ2n) is 7.33. The average Bonchev–Trinajstić information content (AvgIpc) is 3.06. The van der Waals surface area contributed by atoms with Crippen LogP contribution in [0, 0.1) is 13.8 Å². The normalized spacial score (nSPS) is 11.5. The summed E-state index contributed by atoms with van der Waals surface area (Å²) in [7, 11) is 0. The summed E-state index contributed by atoms with van der Waals surface area (Å²) in [6.45, 7) is 5.18. The van der Waals surface area contributed by atoms with Gasteiger partial charge in [0.15, 0.2) is 0 Å². The maximum absolute atomic E-state index is 12.7. The van der Waals surface area contributed by atoms with Gasteiger partial charge in [-0.05, 0) is 37.6 Å². The minimum absolute atomic E-state index is 0.00703. The van der Waals surface area contributed by atoms with Gasteiger partial charge in [-0.1, -0.05) is 48.5 Å². The third-order valence-corrected chi connectivity index (χ3v) is 4.97. The number of hydrogen-bond donors (Lipinski definition) is 3. The molecule has 0 aliphatic heterocycles. The van der Waals surface area contributed by atoms with Crippen LogP contribution in [-0.4, -0.2) is 22.3 Å². The van der Waals surface area contributed by atoms with E-state index in [4.69, 9.17) is 0 Å². The Morgan fingerprint density at radius 2 is 1.52 bits per heavy atom. The molecule has 1 aromatic heterocycles. The SMILES string of the molecule is CC(=O)NC(CC(=O)NNC(=O)c1cc(C)n(-c2ccccc2)c1C)c1ccccc1. The molecule has 1 atom stereocenters. The van der Waals surface area contributed by atoms with Crippen molar-refractivity contribution in [3.05, 3.63) is 89.2 Å². The average molecular weight is 418 g/mol. The highest BCUT2D eigenvalue weighted by atomic mass is 16.2. The summed E-state index contributed by atoms with van der Waals surface area (Å²) < 4.78 is 1.99. The van der Waals surface area contributed by atoms with Crippen molar-refractivity contribution in [2.45, 2.75) is 33.2 Å². The van der Waals surface area contributed by atoms with E-state index in [1.54, 1.807) is 6.07 Å². The van der Waals surface area contributed by atoms with Gasteiger partial charge in [-0.15, -0.1) is 0 Å². The standard InChI is InChI=1S/C24H26N4O3/c1-16-14-21(17(2)28(16)20-12-8-5-9-13-20)24(31)27-26-23(30)15-22(25-18(3)29)19-10-6-4-7-11-19/h4-14,22H,15H2,1-3H3,(H,25,29)(H,26,30)(H,27,31). The highest BCUT2D eigenvalue weighted by Crippen LogP contribution is 2.20. The van der Waals surface area contributed by atoms with Crippen molar-refractivity contribution in [2.75, 3.05) is 0 Å². The molecular weight excluding hydrogens is 392 g/mol. The first-order chi connectivity index (χ1) is 14.9. The van der Waals surface area contributed by atoms with E-state index in [2.05, 4.69) is 16.2 Å². The Hall–Kier alpha value is -3.87. The molecular formula is C24H26N4O3. The molecule has 1 heterocycles. The van der Waals surface area contributed by atoms with Crippen LogP contribution in [0.25, 0.3) is 5.69 Å². The Balaban J connectivity index is 1.66. The van der Waals surface area contributed by atoms with Crippen LogP contribution >= 0.6 is 0 Å². The Morgan fingerprint density at radius 3 is 2.13 bits per heavy atom. The van der Waals surface area contributed by atoms with Gasteiger partial charge in [-0.3, -0.25) is 25.2 Å². The van der Waals surface area contributed by atoms with Crippen LogP contribution in [0.1, 0.15) is 46.7 Å². The summed E-state index contributed by atoms with van der Waals surface area (Å²) in [5, 5.41) is 2.77. The highest BCUT2D eigenvalue weighted by Gasteiger charge is 2.19. The van der Waals surface area contributed by atoms with Crippen molar-refractivity contribution >= 4 is 17.7 Å².